The van der Waals surface area contributed by atoms with Gasteiger partial charge in [0.1, 0.15) is 5.82 Å². The van der Waals surface area contributed by atoms with Gasteiger partial charge in [-0.2, -0.15) is 0 Å². The Morgan fingerprint density at radius 1 is 1.44 bits per heavy atom. The Kier molecular flexibility index (Phi) is 3.26. The van der Waals surface area contributed by atoms with Crippen molar-refractivity contribution in [3.05, 3.63) is 12.3 Å². The van der Waals surface area contributed by atoms with Crippen molar-refractivity contribution in [1.29, 1.82) is 0 Å². The average Bonchev–Trinajstić information content (AvgIpc) is 2.82. The average molecular weight is 266 g/mol. The summed E-state index contributed by atoms with van der Waals surface area (Å²) in [6.45, 7) is 3.24. The molecule has 0 aliphatic carbocycles. The van der Waals surface area contributed by atoms with Crippen LogP contribution in [0.3, 0.4) is 0 Å². The zero-order valence-corrected chi connectivity index (χ0v) is 10.9. The lowest BCUT2D eigenvalue weighted by Gasteiger charge is -2.27. The normalized spacial score (nSPS) is 16.2. The second kappa shape index (κ2) is 5.05. The van der Waals surface area contributed by atoms with Crippen molar-refractivity contribution in [3.8, 4) is 0 Å². The smallest absolute Gasteiger partial charge is 0.208 e. The molecule has 0 bridgehead atoms. The quantitative estimate of drug-likeness (QED) is 0.850. The molecule has 18 heavy (non-hydrogen) atoms. The third-order valence-electron chi connectivity index (χ3n) is 2.79. The van der Waals surface area contributed by atoms with Crippen LogP contribution >= 0.6 is 11.3 Å². The van der Waals surface area contributed by atoms with E-state index in [1.54, 1.807) is 24.6 Å². The van der Waals surface area contributed by atoms with E-state index in [9.17, 15) is 0 Å². The van der Waals surface area contributed by atoms with Crippen molar-refractivity contribution >= 4 is 32.5 Å². The number of rotatable bonds is 3. The summed E-state index contributed by atoms with van der Waals surface area (Å²) < 4.78 is 6.45. The van der Waals surface area contributed by atoms with E-state index in [-0.39, 0.29) is 0 Å². The molecule has 0 spiro atoms. The van der Waals surface area contributed by atoms with Gasteiger partial charge in [0.2, 0.25) is 5.13 Å². The lowest BCUT2D eigenvalue weighted by atomic mass is 10.3. The maximum atomic E-state index is 5.36. The van der Waals surface area contributed by atoms with Gasteiger partial charge in [0, 0.05) is 19.3 Å². The highest BCUT2D eigenvalue weighted by atomic mass is 32.1. The number of anilines is 2. The Balaban J connectivity index is 1.99. The van der Waals surface area contributed by atoms with E-state index in [0.717, 1.165) is 47.5 Å². The Morgan fingerprint density at radius 2 is 2.28 bits per heavy atom. The van der Waals surface area contributed by atoms with E-state index in [4.69, 9.17) is 9.57 Å². The zero-order chi connectivity index (χ0) is 12.4. The molecule has 96 valence electrons. The van der Waals surface area contributed by atoms with Gasteiger partial charge in [-0.3, -0.25) is 4.84 Å². The van der Waals surface area contributed by atoms with Crippen LogP contribution in [0, 0.1) is 0 Å². The highest BCUT2D eigenvalue weighted by molar-refractivity contribution is 7.22. The van der Waals surface area contributed by atoms with Crippen LogP contribution in [0.15, 0.2) is 12.3 Å². The van der Waals surface area contributed by atoms with Crippen LogP contribution in [0.1, 0.15) is 0 Å². The van der Waals surface area contributed by atoms with Crippen molar-refractivity contribution in [2.75, 3.05) is 43.8 Å². The highest BCUT2D eigenvalue weighted by Crippen LogP contribution is 2.32. The molecule has 0 amide bonds. The van der Waals surface area contributed by atoms with Gasteiger partial charge in [-0.05, 0) is 6.07 Å². The summed E-state index contributed by atoms with van der Waals surface area (Å²) in [5.74, 6) is 0.984. The minimum absolute atomic E-state index is 0.745. The first-order valence-electron chi connectivity index (χ1n) is 5.76. The van der Waals surface area contributed by atoms with Crippen LogP contribution in [0.4, 0.5) is 10.9 Å². The first-order valence-corrected chi connectivity index (χ1v) is 6.57. The number of hydrogen-bond donors (Lipinski definition) is 1. The van der Waals surface area contributed by atoms with Crippen LogP contribution < -0.4 is 10.4 Å². The summed E-state index contributed by atoms with van der Waals surface area (Å²) in [5, 5.41) is 0.745. The monoisotopic (exact) mass is 266 g/mol. The number of hydrogen-bond acceptors (Lipinski definition) is 7. The highest BCUT2D eigenvalue weighted by Gasteiger charge is 2.17. The topological polar surface area (TPSA) is 59.5 Å². The fourth-order valence-corrected chi connectivity index (χ4v) is 2.93. The fraction of sp³-hybridized carbons (Fsp3) is 0.455. The van der Waals surface area contributed by atoms with Crippen LogP contribution in [0.2, 0.25) is 0 Å². The predicted octanol–water partition coefficient (Wildman–Crippen LogP) is 1.50. The number of aromatic nitrogens is 2. The molecular formula is C11H14N4O2S. The standard InChI is InChI=1S/C11H14N4O2S/c1-16-14-11-13-8-2-3-12-10(9(8)18-11)15-4-6-17-7-5-15/h2-3H,4-7H2,1H3,(H,13,14). The summed E-state index contributed by atoms with van der Waals surface area (Å²) in [4.78, 5) is 16.0. The molecule has 0 unspecified atom stereocenters. The number of nitrogens with zero attached hydrogens (tertiary/aromatic N) is 3. The number of pyridine rings is 1. The number of ether oxygens (including phenoxy) is 1. The number of morpholine rings is 1. The van der Waals surface area contributed by atoms with E-state index >= 15 is 0 Å². The largest absolute Gasteiger partial charge is 0.378 e. The summed E-state index contributed by atoms with van der Waals surface area (Å²) in [7, 11) is 1.58. The van der Waals surface area contributed by atoms with Gasteiger partial charge in [-0.1, -0.05) is 11.3 Å². The van der Waals surface area contributed by atoms with E-state index in [2.05, 4.69) is 20.3 Å². The Hall–Kier alpha value is -1.44. The number of fused-ring (bicyclic) bond motifs is 1. The third kappa shape index (κ3) is 2.12. The minimum atomic E-state index is 0.745. The lowest BCUT2D eigenvalue weighted by molar-refractivity contribution is 0.122. The van der Waals surface area contributed by atoms with Gasteiger partial charge in [-0.15, -0.1) is 0 Å². The molecule has 3 heterocycles. The summed E-state index contributed by atoms with van der Waals surface area (Å²) in [6, 6.07) is 1.91. The second-order valence-electron chi connectivity index (χ2n) is 3.91. The van der Waals surface area contributed by atoms with Crippen molar-refractivity contribution in [3.63, 3.8) is 0 Å². The fourth-order valence-electron chi connectivity index (χ4n) is 1.97. The Morgan fingerprint density at radius 3 is 3.06 bits per heavy atom. The van der Waals surface area contributed by atoms with Crippen molar-refractivity contribution in [1.82, 2.24) is 9.97 Å². The van der Waals surface area contributed by atoms with Crippen LogP contribution in [-0.2, 0) is 9.57 Å². The van der Waals surface area contributed by atoms with Crippen LogP contribution in [0.25, 0.3) is 10.2 Å². The molecule has 0 radical (unpaired) electrons. The molecule has 0 atom stereocenters. The molecular weight excluding hydrogens is 252 g/mol. The van der Waals surface area contributed by atoms with Crippen LogP contribution in [-0.4, -0.2) is 43.4 Å². The molecule has 6 nitrogen and oxygen atoms in total. The van der Waals surface area contributed by atoms with Crippen molar-refractivity contribution in [2.45, 2.75) is 0 Å². The van der Waals surface area contributed by atoms with E-state index < -0.39 is 0 Å². The van der Waals surface area contributed by atoms with Gasteiger partial charge in [0.15, 0.2) is 0 Å². The van der Waals surface area contributed by atoms with Crippen LogP contribution in [0.5, 0.6) is 0 Å². The third-order valence-corrected chi connectivity index (χ3v) is 3.75. The second-order valence-corrected chi connectivity index (χ2v) is 4.91. The van der Waals surface area contributed by atoms with E-state index in [0.29, 0.717) is 0 Å². The molecule has 0 saturated carbocycles. The predicted molar refractivity (Wildman–Crippen MR) is 71.1 cm³/mol. The maximum Gasteiger partial charge on any atom is 0.208 e. The summed E-state index contributed by atoms with van der Waals surface area (Å²) >= 11 is 1.55. The van der Waals surface area contributed by atoms with Crippen molar-refractivity contribution < 1.29 is 9.57 Å². The molecule has 1 fully saturated rings. The summed E-state index contributed by atoms with van der Waals surface area (Å²) in [5.41, 5.74) is 3.70. The lowest BCUT2D eigenvalue weighted by Crippen LogP contribution is -2.36. The molecule has 1 aliphatic rings. The molecule has 2 aromatic heterocycles. The van der Waals surface area contributed by atoms with E-state index in [1.165, 1.54) is 0 Å². The van der Waals surface area contributed by atoms with E-state index in [1.807, 2.05) is 6.07 Å². The maximum absolute atomic E-state index is 5.36. The molecule has 1 N–H and O–H groups in total. The first kappa shape index (κ1) is 11.6. The molecule has 1 aliphatic heterocycles. The zero-order valence-electron chi connectivity index (χ0n) is 10.0. The first-order chi connectivity index (χ1) is 8.88. The number of nitrogens with one attached hydrogen (secondary N) is 1. The van der Waals surface area contributed by atoms with Gasteiger partial charge >= 0.3 is 0 Å². The molecule has 7 heteroatoms. The van der Waals surface area contributed by atoms with Gasteiger partial charge in [-0.25, -0.2) is 15.4 Å². The van der Waals surface area contributed by atoms with Gasteiger partial charge < -0.3 is 9.64 Å². The van der Waals surface area contributed by atoms with Crippen molar-refractivity contribution in [2.24, 2.45) is 0 Å². The molecule has 1 saturated heterocycles. The SMILES string of the molecule is CONc1nc2ccnc(N3CCOCC3)c2s1. The Labute approximate surface area is 109 Å². The Bertz CT molecular complexity index is 539. The molecule has 3 rings (SSSR count). The van der Waals surface area contributed by atoms with Gasteiger partial charge in [0.05, 0.1) is 30.5 Å². The van der Waals surface area contributed by atoms with Gasteiger partial charge in [0.25, 0.3) is 0 Å². The minimum Gasteiger partial charge on any atom is -0.378 e. The summed E-state index contributed by atoms with van der Waals surface area (Å²) in [6.07, 6.45) is 1.80. The molecule has 0 aromatic carbocycles. The molecule has 2 aromatic rings. The number of thiazole rings is 1.